The molecule has 0 heterocycles. The highest BCUT2D eigenvalue weighted by molar-refractivity contribution is 7.87. The molecule has 1 N–H and O–H groups in total. The van der Waals surface area contributed by atoms with E-state index in [-0.39, 0.29) is 16.0 Å². The average molecular weight is 382 g/mol. The van der Waals surface area contributed by atoms with Crippen molar-refractivity contribution in [3.05, 3.63) is 90.0 Å². The predicted octanol–water partition coefficient (Wildman–Crippen LogP) is 3.60. The Hall–Kier alpha value is -3.45. The highest BCUT2D eigenvalue weighted by Gasteiger charge is 2.21. The van der Waals surface area contributed by atoms with Crippen molar-refractivity contribution in [3.63, 3.8) is 0 Å². The lowest BCUT2D eigenvalue weighted by Crippen LogP contribution is -2.13. The molecule has 6 nitrogen and oxygen atoms in total. The molecule has 3 rings (SSSR count). The largest absolute Gasteiger partial charge is 0.478 e. The minimum atomic E-state index is -4.23. The van der Waals surface area contributed by atoms with Gasteiger partial charge in [0.05, 0.1) is 11.1 Å². The second-order valence-corrected chi connectivity index (χ2v) is 7.15. The summed E-state index contributed by atoms with van der Waals surface area (Å²) in [6, 6.07) is 19.7. The van der Waals surface area contributed by atoms with E-state index >= 15 is 0 Å². The maximum Gasteiger partial charge on any atom is 0.354 e. The van der Waals surface area contributed by atoms with Crippen molar-refractivity contribution >= 4 is 22.1 Å². The van der Waals surface area contributed by atoms with Gasteiger partial charge in [-0.15, -0.1) is 0 Å². The standard InChI is InChI=1S/C20H14O6S/c21-19(22)16-8-4-6-14(12-16)15-7-5-9-17(13-15)20(23)26-27(24,25)18-10-2-1-3-11-18/h1-13H,(H,21,22). The number of benzene rings is 3. The van der Waals surface area contributed by atoms with Gasteiger partial charge in [-0.2, -0.15) is 8.42 Å². The second-order valence-electron chi connectivity index (χ2n) is 5.60. The summed E-state index contributed by atoms with van der Waals surface area (Å²) in [4.78, 5) is 23.3. The van der Waals surface area contributed by atoms with Crippen LogP contribution in [0.4, 0.5) is 0 Å². The Morgan fingerprint density at radius 3 is 1.89 bits per heavy atom. The molecule has 0 bridgehead atoms. The second kappa shape index (κ2) is 7.43. The summed E-state index contributed by atoms with van der Waals surface area (Å²) in [7, 11) is -4.23. The van der Waals surface area contributed by atoms with Crippen LogP contribution in [0.5, 0.6) is 0 Å². The highest BCUT2D eigenvalue weighted by atomic mass is 32.2. The number of carboxylic acid groups (broad SMARTS) is 1. The van der Waals surface area contributed by atoms with Gasteiger partial charge in [-0.25, -0.2) is 9.59 Å². The summed E-state index contributed by atoms with van der Waals surface area (Å²) in [6.07, 6.45) is 0. The molecule has 0 aliphatic carbocycles. The fourth-order valence-electron chi connectivity index (χ4n) is 2.44. The summed E-state index contributed by atoms with van der Waals surface area (Å²) < 4.78 is 29.1. The van der Waals surface area contributed by atoms with Crippen molar-refractivity contribution in [1.82, 2.24) is 0 Å². The van der Waals surface area contributed by atoms with E-state index in [1.807, 2.05) is 0 Å². The molecule has 0 aliphatic heterocycles. The fourth-order valence-corrected chi connectivity index (χ4v) is 3.32. The van der Waals surface area contributed by atoms with E-state index in [1.165, 1.54) is 48.5 Å². The van der Waals surface area contributed by atoms with Crippen LogP contribution in [0.15, 0.2) is 83.8 Å². The molecular weight excluding hydrogens is 368 g/mol. The van der Waals surface area contributed by atoms with E-state index in [0.29, 0.717) is 11.1 Å². The molecule has 0 saturated heterocycles. The van der Waals surface area contributed by atoms with Gasteiger partial charge < -0.3 is 9.29 Å². The van der Waals surface area contributed by atoms with Crippen LogP contribution < -0.4 is 0 Å². The molecule has 0 atom stereocenters. The zero-order valence-corrected chi connectivity index (χ0v) is 14.7. The molecule has 0 fully saturated rings. The number of rotatable bonds is 5. The molecule has 7 heteroatoms. The number of carboxylic acids is 1. The van der Waals surface area contributed by atoms with Crippen molar-refractivity contribution in [2.24, 2.45) is 0 Å². The molecule has 3 aromatic rings. The molecule has 3 aromatic carbocycles. The first-order valence-electron chi connectivity index (χ1n) is 7.84. The lowest BCUT2D eigenvalue weighted by molar-refractivity contribution is 0.0694. The van der Waals surface area contributed by atoms with Crippen molar-refractivity contribution in [3.8, 4) is 11.1 Å². The smallest absolute Gasteiger partial charge is 0.354 e. The highest BCUT2D eigenvalue weighted by Crippen LogP contribution is 2.23. The van der Waals surface area contributed by atoms with Gasteiger partial charge in [-0.05, 0) is 47.5 Å². The van der Waals surface area contributed by atoms with E-state index in [0.717, 1.165) is 0 Å². The number of hydrogen-bond acceptors (Lipinski definition) is 5. The summed E-state index contributed by atoms with van der Waals surface area (Å²) in [5.74, 6) is -2.09. The minimum Gasteiger partial charge on any atom is -0.478 e. The Labute approximate surface area is 155 Å². The third-order valence-corrected chi connectivity index (χ3v) is 4.98. The topological polar surface area (TPSA) is 97.7 Å². The van der Waals surface area contributed by atoms with Crippen molar-refractivity contribution in [2.75, 3.05) is 0 Å². The van der Waals surface area contributed by atoms with Gasteiger partial charge in [0.15, 0.2) is 0 Å². The summed E-state index contributed by atoms with van der Waals surface area (Å²) in [6.45, 7) is 0. The summed E-state index contributed by atoms with van der Waals surface area (Å²) in [5.41, 5.74) is 1.28. The van der Waals surface area contributed by atoms with Gasteiger partial charge >= 0.3 is 22.1 Å². The van der Waals surface area contributed by atoms with Crippen LogP contribution in [0.25, 0.3) is 11.1 Å². The SMILES string of the molecule is O=C(O)c1cccc(-c2cccc(C(=O)OS(=O)(=O)c3ccccc3)c2)c1. The molecule has 0 amide bonds. The first-order valence-corrected chi connectivity index (χ1v) is 9.25. The van der Waals surface area contributed by atoms with Gasteiger partial charge in [0.25, 0.3) is 0 Å². The maximum atomic E-state index is 12.3. The van der Waals surface area contributed by atoms with Gasteiger partial charge in [0.2, 0.25) is 0 Å². The Kier molecular flexibility index (Phi) is 5.05. The fraction of sp³-hybridized carbons (Fsp3) is 0. The predicted molar refractivity (Wildman–Crippen MR) is 97.9 cm³/mol. The van der Waals surface area contributed by atoms with E-state index in [1.54, 1.807) is 30.3 Å². The Balaban J connectivity index is 1.88. The molecule has 27 heavy (non-hydrogen) atoms. The van der Waals surface area contributed by atoms with E-state index < -0.39 is 22.1 Å². The first-order chi connectivity index (χ1) is 12.9. The molecular formula is C20H14O6S. The van der Waals surface area contributed by atoms with Gasteiger partial charge in [0.1, 0.15) is 4.90 Å². The third-order valence-electron chi connectivity index (χ3n) is 3.76. The lowest BCUT2D eigenvalue weighted by atomic mass is 10.0. The summed E-state index contributed by atoms with van der Waals surface area (Å²) >= 11 is 0. The molecule has 0 radical (unpaired) electrons. The van der Waals surface area contributed by atoms with Crippen LogP contribution in [0, 0.1) is 0 Å². The average Bonchev–Trinajstić information content (AvgIpc) is 2.68. The molecule has 0 spiro atoms. The van der Waals surface area contributed by atoms with Gasteiger partial charge in [0, 0.05) is 0 Å². The van der Waals surface area contributed by atoms with Crippen LogP contribution in [0.3, 0.4) is 0 Å². The molecule has 0 saturated carbocycles. The molecule has 0 aliphatic rings. The maximum absolute atomic E-state index is 12.3. The number of carbonyl (C=O) groups excluding carboxylic acids is 1. The number of hydrogen-bond donors (Lipinski definition) is 1. The zero-order valence-electron chi connectivity index (χ0n) is 13.9. The third kappa shape index (κ3) is 4.21. The minimum absolute atomic E-state index is 0.0349. The normalized spacial score (nSPS) is 11.0. The molecule has 136 valence electrons. The monoisotopic (exact) mass is 382 g/mol. The van der Waals surface area contributed by atoms with Gasteiger partial charge in [-0.1, -0.05) is 42.5 Å². The van der Waals surface area contributed by atoms with Crippen LogP contribution in [-0.2, 0) is 14.3 Å². The van der Waals surface area contributed by atoms with Crippen LogP contribution in [0.2, 0.25) is 0 Å². The quantitative estimate of drug-likeness (QED) is 0.677. The van der Waals surface area contributed by atoms with E-state index in [4.69, 9.17) is 9.29 Å². The molecule has 0 aromatic heterocycles. The van der Waals surface area contributed by atoms with Crippen LogP contribution in [-0.4, -0.2) is 25.5 Å². The lowest BCUT2D eigenvalue weighted by Gasteiger charge is -2.08. The van der Waals surface area contributed by atoms with Crippen molar-refractivity contribution < 1.29 is 27.3 Å². The van der Waals surface area contributed by atoms with Crippen LogP contribution in [0.1, 0.15) is 20.7 Å². The Bertz CT molecular complexity index is 1100. The van der Waals surface area contributed by atoms with E-state index in [9.17, 15) is 18.0 Å². The Morgan fingerprint density at radius 1 is 0.741 bits per heavy atom. The zero-order chi connectivity index (χ0) is 19.4. The van der Waals surface area contributed by atoms with Crippen LogP contribution >= 0.6 is 0 Å². The number of carbonyl (C=O) groups is 2. The first kappa shape index (κ1) is 18.3. The van der Waals surface area contributed by atoms with Crippen molar-refractivity contribution in [1.29, 1.82) is 0 Å². The van der Waals surface area contributed by atoms with Crippen molar-refractivity contribution in [2.45, 2.75) is 4.90 Å². The number of aromatic carboxylic acids is 1. The Morgan fingerprint density at radius 2 is 1.30 bits per heavy atom. The summed E-state index contributed by atoms with van der Waals surface area (Å²) in [5, 5.41) is 9.09. The molecule has 0 unspecified atom stereocenters. The van der Waals surface area contributed by atoms with Gasteiger partial charge in [-0.3, -0.25) is 0 Å². The van der Waals surface area contributed by atoms with E-state index in [2.05, 4.69) is 0 Å².